The number of nitrogens with two attached hydrogens (primary N) is 1. The highest BCUT2D eigenvalue weighted by molar-refractivity contribution is 7.99. The van der Waals surface area contributed by atoms with Crippen LogP contribution in [0.2, 0.25) is 0 Å². The van der Waals surface area contributed by atoms with E-state index in [2.05, 4.69) is 24.5 Å². The summed E-state index contributed by atoms with van der Waals surface area (Å²) < 4.78 is 5.53. The molecule has 1 aliphatic carbocycles. The second-order valence-electron chi connectivity index (χ2n) is 9.86. The number of ether oxygens (including phenoxy) is 1. The Morgan fingerprint density at radius 2 is 1.64 bits per heavy atom. The number of rotatable bonds is 12. The van der Waals surface area contributed by atoms with E-state index in [9.17, 15) is 19.5 Å². The molecule has 0 fully saturated rings. The van der Waals surface area contributed by atoms with Crippen LogP contribution in [0.5, 0.6) is 0 Å². The largest absolute Gasteiger partial charge is 0.480 e. The number of alkyl carbamates (subject to hydrolysis) is 1. The van der Waals surface area contributed by atoms with Crippen molar-refractivity contribution in [3.05, 3.63) is 83.4 Å². The highest BCUT2D eigenvalue weighted by Crippen LogP contribution is 2.44. The Hall–Kier alpha value is -3.98. The van der Waals surface area contributed by atoms with Crippen LogP contribution in [-0.4, -0.2) is 48.0 Å². The van der Waals surface area contributed by atoms with E-state index in [-0.39, 0.29) is 18.3 Å². The maximum Gasteiger partial charge on any atom is 0.407 e. The number of primary amides is 1. The summed E-state index contributed by atoms with van der Waals surface area (Å²) in [5.74, 6) is -1.28. The van der Waals surface area contributed by atoms with Gasteiger partial charge in [-0.3, -0.25) is 4.79 Å². The number of fused-ring (bicyclic) bond motifs is 3. The van der Waals surface area contributed by atoms with E-state index in [1.807, 2.05) is 48.5 Å². The summed E-state index contributed by atoms with van der Waals surface area (Å²) in [5.41, 5.74) is 10.9. The lowest BCUT2D eigenvalue weighted by Crippen LogP contribution is -2.43. The third-order valence-electron chi connectivity index (χ3n) is 6.64. The number of benzene rings is 3. The van der Waals surface area contributed by atoms with Crippen molar-refractivity contribution in [2.75, 3.05) is 24.2 Å². The van der Waals surface area contributed by atoms with Crippen molar-refractivity contribution in [1.82, 2.24) is 5.32 Å². The summed E-state index contributed by atoms with van der Waals surface area (Å²) in [5, 5.41) is 15.6. The van der Waals surface area contributed by atoms with Gasteiger partial charge in [-0.25, -0.2) is 9.59 Å². The molecule has 4 rings (SSSR count). The number of carbonyl (C=O) groups excluding carboxylic acids is 2. The van der Waals surface area contributed by atoms with Gasteiger partial charge in [-0.1, -0.05) is 62.4 Å². The summed E-state index contributed by atoms with van der Waals surface area (Å²) in [6.45, 7) is 5.01. The molecule has 39 heavy (non-hydrogen) atoms. The minimum Gasteiger partial charge on any atom is -0.480 e. The molecular formula is C30H33N3O5S. The molecule has 204 valence electrons. The van der Waals surface area contributed by atoms with Gasteiger partial charge < -0.3 is 26.2 Å². The van der Waals surface area contributed by atoms with Crippen LogP contribution in [0.1, 0.15) is 47.7 Å². The Morgan fingerprint density at radius 1 is 1.00 bits per heavy atom. The molecule has 3 aromatic rings. The fourth-order valence-corrected chi connectivity index (χ4v) is 5.60. The molecule has 0 unspecified atom stereocenters. The zero-order valence-electron chi connectivity index (χ0n) is 22.0. The number of carboxylic acid groups (broad SMARTS) is 1. The highest BCUT2D eigenvalue weighted by Gasteiger charge is 2.30. The Labute approximate surface area is 232 Å². The second kappa shape index (κ2) is 12.7. The molecule has 0 saturated carbocycles. The number of anilines is 1. The lowest BCUT2D eigenvalue weighted by atomic mass is 9.98. The van der Waals surface area contributed by atoms with Gasteiger partial charge in [0.1, 0.15) is 12.6 Å². The SMILES string of the molecule is CC(C)CCNc1cc(C(N)=O)ccc1SC[C@H](NC(=O)OCC1c2ccccc2-c2ccccc21)C(=O)O. The van der Waals surface area contributed by atoms with Crippen LogP contribution in [0.3, 0.4) is 0 Å². The fourth-order valence-electron chi connectivity index (χ4n) is 4.57. The first-order chi connectivity index (χ1) is 18.7. The number of hydrogen-bond donors (Lipinski definition) is 4. The minimum atomic E-state index is -1.18. The van der Waals surface area contributed by atoms with Crippen molar-refractivity contribution in [2.24, 2.45) is 11.7 Å². The van der Waals surface area contributed by atoms with E-state index in [0.717, 1.165) is 33.6 Å². The quantitative estimate of drug-likeness (QED) is 0.226. The summed E-state index contributed by atoms with van der Waals surface area (Å²) in [7, 11) is 0. The minimum absolute atomic E-state index is 0.0638. The maximum absolute atomic E-state index is 12.7. The van der Waals surface area contributed by atoms with Crippen molar-refractivity contribution < 1.29 is 24.2 Å². The molecule has 5 N–H and O–H groups in total. The molecule has 1 aliphatic rings. The van der Waals surface area contributed by atoms with Gasteiger partial charge in [0.05, 0.1) is 0 Å². The standard InChI is InChI=1S/C30H33N3O5S/c1-18(2)13-14-32-25-15-19(28(31)34)11-12-27(25)39-17-26(29(35)36)33-30(37)38-16-24-22-9-5-3-7-20(22)21-8-4-6-10-23(21)24/h3-12,15,18,24,26,32H,13-14,16-17H2,1-2H3,(H2,31,34)(H,33,37)(H,35,36)/t26-/m0/s1. The van der Waals surface area contributed by atoms with E-state index >= 15 is 0 Å². The Bertz CT molecular complexity index is 1310. The van der Waals surface area contributed by atoms with Gasteiger partial charge in [0.2, 0.25) is 5.91 Å². The van der Waals surface area contributed by atoms with Crippen molar-refractivity contribution in [3.8, 4) is 11.1 Å². The molecular weight excluding hydrogens is 514 g/mol. The number of aliphatic carboxylic acids is 1. The summed E-state index contributed by atoms with van der Waals surface area (Å²) in [6, 6.07) is 19.8. The van der Waals surface area contributed by atoms with Gasteiger partial charge in [-0.2, -0.15) is 0 Å². The number of nitrogens with one attached hydrogen (secondary N) is 2. The van der Waals surface area contributed by atoms with Crippen LogP contribution in [0.15, 0.2) is 71.6 Å². The molecule has 0 saturated heterocycles. The normalized spacial score (nSPS) is 12.9. The Balaban J connectivity index is 1.39. The van der Waals surface area contributed by atoms with E-state index in [1.54, 1.807) is 18.2 Å². The second-order valence-corrected chi connectivity index (χ2v) is 10.9. The van der Waals surface area contributed by atoms with E-state index in [0.29, 0.717) is 23.7 Å². The van der Waals surface area contributed by atoms with E-state index in [1.165, 1.54) is 11.8 Å². The van der Waals surface area contributed by atoms with E-state index in [4.69, 9.17) is 10.5 Å². The Kier molecular flexibility index (Phi) is 9.14. The molecule has 0 aliphatic heterocycles. The number of hydrogen-bond acceptors (Lipinski definition) is 6. The lowest BCUT2D eigenvalue weighted by Gasteiger charge is -2.18. The Morgan fingerprint density at radius 3 is 2.23 bits per heavy atom. The van der Waals surface area contributed by atoms with Gasteiger partial charge in [0.25, 0.3) is 0 Å². The van der Waals surface area contributed by atoms with Crippen LogP contribution < -0.4 is 16.4 Å². The highest BCUT2D eigenvalue weighted by atomic mass is 32.2. The van der Waals surface area contributed by atoms with Crippen LogP contribution in [0.25, 0.3) is 11.1 Å². The van der Waals surface area contributed by atoms with Crippen LogP contribution in [-0.2, 0) is 9.53 Å². The third-order valence-corrected chi connectivity index (χ3v) is 7.81. The molecule has 0 heterocycles. The van der Waals surface area contributed by atoms with Gasteiger partial charge in [0, 0.05) is 34.4 Å². The molecule has 0 radical (unpaired) electrons. The van der Waals surface area contributed by atoms with Crippen molar-refractivity contribution >= 4 is 35.4 Å². The van der Waals surface area contributed by atoms with Crippen molar-refractivity contribution in [3.63, 3.8) is 0 Å². The molecule has 9 heteroatoms. The fraction of sp³-hybridized carbons (Fsp3) is 0.300. The van der Waals surface area contributed by atoms with Crippen molar-refractivity contribution in [2.45, 2.75) is 37.1 Å². The maximum atomic E-state index is 12.7. The van der Waals surface area contributed by atoms with Crippen LogP contribution in [0.4, 0.5) is 10.5 Å². The number of amides is 2. The van der Waals surface area contributed by atoms with Crippen LogP contribution in [0, 0.1) is 5.92 Å². The summed E-state index contributed by atoms with van der Waals surface area (Å²) in [4.78, 5) is 37.0. The molecule has 1 atom stereocenters. The molecule has 0 spiro atoms. The predicted molar refractivity (Wildman–Crippen MR) is 153 cm³/mol. The molecule has 3 aromatic carbocycles. The van der Waals surface area contributed by atoms with Crippen molar-refractivity contribution in [1.29, 1.82) is 0 Å². The first-order valence-electron chi connectivity index (χ1n) is 12.9. The van der Waals surface area contributed by atoms with Gasteiger partial charge in [-0.05, 0) is 52.8 Å². The third kappa shape index (κ3) is 6.92. The summed E-state index contributed by atoms with van der Waals surface area (Å²) >= 11 is 1.26. The molecule has 2 amide bonds. The molecule has 0 bridgehead atoms. The van der Waals surface area contributed by atoms with Gasteiger partial charge in [-0.15, -0.1) is 11.8 Å². The van der Waals surface area contributed by atoms with Crippen LogP contribution >= 0.6 is 11.8 Å². The van der Waals surface area contributed by atoms with Gasteiger partial charge >= 0.3 is 12.1 Å². The lowest BCUT2D eigenvalue weighted by molar-refractivity contribution is -0.138. The smallest absolute Gasteiger partial charge is 0.407 e. The van der Waals surface area contributed by atoms with E-state index < -0.39 is 24.0 Å². The van der Waals surface area contributed by atoms with Gasteiger partial charge in [0.15, 0.2) is 0 Å². The topological polar surface area (TPSA) is 131 Å². The first-order valence-corrected chi connectivity index (χ1v) is 13.9. The average Bonchev–Trinajstić information content (AvgIpc) is 3.23. The zero-order chi connectivity index (χ0) is 27.9. The first kappa shape index (κ1) is 28.0. The monoisotopic (exact) mass is 547 g/mol. The molecule has 8 nitrogen and oxygen atoms in total. The summed E-state index contributed by atoms with van der Waals surface area (Å²) in [6.07, 6.45) is 0.135. The number of thioether (sulfide) groups is 1. The average molecular weight is 548 g/mol. The number of carboxylic acids is 1. The predicted octanol–water partition coefficient (Wildman–Crippen LogP) is 5.33. The zero-order valence-corrected chi connectivity index (χ0v) is 22.8. The number of carbonyl (C=O) groups is 3. The molecule has 0 aromatic heterocycles.